The fourth-order valence-electron chi connectivity index (χ4n) is 3.14. The molecule has 0 aliphatic heterocycles. The van der Waals surface area contributed by atoms with Crippen LogP contribution in [0.4, 0.5) is 5.69 Å². The van der Waals surface area contributed by atoms with Crippen LogP contribution in [0.15, 0.2) is 53.4 Å². The third-order valence-electron chi connectivity index (χ3n) is 4.51. The Morgan fingerprint density at radius 2 is 1.81 bits per heavy atom. The number of benzene rings is 2. The van der Waals surface area contributed by atoms with Crippen LogP contribution >= 0.6 is 0 Å². The van der Waals surface area contributed by atoms with Crippen LogP contribution < -0.4 is 14.8 Å². The van der Waals surface area contributed by atoms with Gasteiger partial charge in [0.05, 0.1) is 11.5 Å². The predicted octanol–water partition coefficient (Wildman–Crippen LogP) is 3.56. The number of hydrogen-bond donors (Lipinski definition) is 2. The van der Waals surface area contributed by atoms with Crippen LogP contribution in [0.3, 0.4) is 0 Å². The van der Waals surface area contributed by atoms with Gasteiger partial charge in [-0.2, -0.15) is 0 Å². The van der Waals surface area contributed by atoms with Crippen LogP contribution in [0.1, 0.15) is 43.0 Å². The summed E-state index contributed by atoms with van der Waals surface area (Å²) in [6, 6.07) is 12.9. The summed E-state index contributed by atoms with van der Waals surface area (Å²) in [6.45, 7) is 2.42. The smallest absolute Gasteiger partial charge is 0.261 e. The molecular formula is C20H24N2O4S. The van der Waals surface area contributed by atoms with E-state index >= 15 is 0 Å². The van der Waals surface area contributed by atoms with E-state index in [0.717, 1.165) is 25.7 Å². The van der Waals surface area contributed by atoms with Gasteiger partial charge in [0.2, 0.25) is 0 Å². The molecule has 144 valence electrons. The van der Waals surface area contributed by atoms with E-state index in [0.29, 0.717) is 23.6 Å². The molecule has 1 aliphatic rings. The molecule has 7 heteroatoms. The molecule has 3 rings (SSSR count). The van der Waals surface area contributed by atoms with Gasteiger partial charge >= 0.3 is 0 Å². The molecule has 0 aromatic heterocycles. The Labute approximate surface area is 160 Å². The Bertz CT molecular complexity index is 888. The number of rotatable bonds is 7. The van der Waals surface area contributed by atoms with Gasteiger partial charge in [-0.25, -0.2) is 8.42 Å². The minimum atomic E-state index is -3.79. The van der Waals surface area contributed by atoms with Crippen LogP contribution in [0.2, 0.25) is 0 Å². The van der Waals surface area contributed by atoms with Crippen LogP contribution in [0.5, 0.6) is 5.75 Å². The van der Waals surface area contributed by atoms with E-state index in [1.165, 1.54) is 12.1 Å². The molecule has 0 unspecified atom stereocenters. The van der Waals surface area contributed by atoms with Gasteiger partial charge in [-0.15, -0.1) is 0 Å². The molecule has 1 amide bonds. The van der Waals surface area contributed by atoms with E-state index < -0.39 is 10.0 Å². The second kappa shape index (κ2) is 8.43. The summed E-state index contributed by atoms with van der Waals surface area (Å²) < 4.78 is 33.2. The normalized spacial score (nSPS) is 14.7. The number of ether oxygens (including phenoxy) is 1. The van der Waals surface area contributed by atoms with Crippen molar-refractivity contribution in [2.45, 2.75) is 43.5 Å². The average molecular weight is 388 g/mol. The number of hydrogen-bond acceptors (Lipinski definition) is 4. The molecule has 27 heavy (non-hydrogen) atoms. The zero-order valence-corrected chi connectivity index (χ0v) is 16.1. The molecule has 1 aliphatic carbocycles. The molecule has 2 aromatic rings. The first-order chi connectivity index (χ1) is 13.0. The Morgan fingerprint density at radius 3 is 2.48 bits per heavy atom. The summed E-state index contributed by atoms with van der Waals surface area (Å²) in [7, 11) is -3.79. The largest absolute Gasteiger partial charge is 0.494 e. The summed E-state index contributed by atoms with van der Waals surface area (Å²) in [5.74, 6) is 0.436. The lowest BCUT2D eigenvalue weighted by Gasteiger charge is -2.13. The van der Waals surface area contributed by atoms with Crippen LogP contribution in [-0.4, -0.2) is 27.0 Å². The van der Waals surface area contributed by atoms with Crippen molar-refractivity contribution in [2.24, 2.45) is 0 Å². The van der Waals surface area contributed by atoms with E-state index in [1.807, 2.05) is 6.92 Å². The summed E-state index contributed by atoms with van der Waals surface area (Å²) in [6.07, 6.45) is 4.18. The SMILES string of the molecule is CCOc1ccc(NS(=O)(=O)c2cccc(C(=O)NC3CCCC3)c2)cc1. The van der Waals surface area contributed by atoms with E-state index in [-0.39, 0.29) is 16.8 Å². The number of nitrogens with one attached hydrogen (secondary N) is 2. The van der Waals surface area contributed by atoms with E-state index in [4.69, 9.17) is 4.74 Å². The van der Waals surface area contributed by atoms with Crippen molar-refractivity contribution in [1.82, 2.24) is 5.32 Å². The van der Waals surface area contributed by atoms with Crippen molar-refractivity contribution in [1.29, 1.82) is 0 Å². The van der Waals surface area contributed by atoms with Crippen molar-refractivity contribution < 1.29 is 17.9 Å². The summed E-state index contributed by atoms with van der Waals surface area (Å²) in [5, 5.41) is 2.97. The second-order valence-electron chi connectivity index (χ2n) is 6.55. The third-order valence-corrected chi connectivity index (χ3v) is 5.89. The molecule has 0 radical (unpaired) electrons. The first-order valence-corrected chi connectivity index (χ1v) is 10.6. The zero-order valence-electron chi connectivity index (χ0n) is 15.3. The minimum absolute atomic E-state index is 0.0513. The highest BCUT2D eigenvalue weighted by Gasteiger charge is 2.20. The first-order valence-electron chi connectivity index (χ1n) is 9.14. The van der Waals surface area contributed by atoms with Gasteiger partial charge in [0.15, 0.2) is 0 Å². The highest BCUT2D eigenvalue weighted by atomic mass is 32.2. The maximum Gasteiger partial charge on any atom is 0.261 e. The molecule has 2 N–H and O–H groups in total. The number of carbonyl (C=O) groups excluding carboxylic acids is 1. The quantitative estimate of drug-likeness (QED) is 0.760. The van der Waals surface area contributed by atoms with Crippen molar-refractivity contribution in [3.63, 3.8) is 0 Å². The molecule has 0 atom stereocenters. The lowest BCUT2D eigenvalue weighted by molar-refractivity contribution is 0.0937. The highest BCUT2D eigenvalue weighted by Crippen LogP contribution is 2.21. The van der Waals surface area contributed by atoms with Gasteiger partial charge in [-0.1, -0.05) is 18.9 Å². The molecule has 1 saturated carbocycles. The summed E-state index contributed by atoms with van der Waals surface area (Å²) in [5.41, 5.74) is 0.774. The Kier molecular flexibility index (Phi) is 6.01. The van der Waals surface area contributed by atoms with Gasteiger partial charge in [0.1, 0.15) is 5.75 Å². The molecule has 2 aromatic carbocycles. The van der Waals surface area contributed by atoms with Crippen molar-refractivity contribution in [3.8, 4) is 5.75 Å². The van der Waals surface area contributed by atoms with E-state index in [2.05, 4.69) is 10.0 Å². The lowest BCUT2D eigenvalue weighted by atomic mass is 10.2. The monoisotopic (exact) mass is 388 g/mol. The minimum Gasteiger partial charge on any atom is -0.494 e. The third kappa shape index (κ3) is 5.01. The van der Waals surface area contributed by atoms with Crippen LogP contribution in [-0.2, 0) is 10.0 Å². The Balaban J connectivity index is 1.73. The Morgan fingerprint density at radius 1 is 1.11 bits per heavy atom. The predicted molar refractivity (Wildman–Crippen MR) is 105 cm³/mol. The standard InChI is InChI=1S/C20H24N2O4S/c1-2-26-18-12-10-17(11-13-18)22-27(24,25)19-9-5-6-15(14-19)20(23)21-16-7-3-4-8-16/h5-6,9-14,16,22H,2-4,7-8H2,1H3,(H,21,23). The maximum atomic E-state index is 12.7. The van der Waals surface area contributed by atoms with Gasteiger partial charge < -0.3 is 10.1 Å². The number of amides is 1. The van der Waals surface area contributed by atoms with Gasteiger partial charge in [0, 0.05) is 17.3 Å². The Hall–Kier alpha value is -2.54. The number of sulfonamides is 1. The van der Waals surface area contributed by atoms with Gasteiger partial charge in [-0.05, 0) is 62.2 Å². The summed E-state index contributed by atoms with van der Waals surface area (Å²) in [4.78, 5) is 12.4. The molecule has 6 nitrogen and oxygen atoms in total. The number of anilines is 1. The van der Waals surface area contributed by atoms with E-state index in [9.17, 15) is 13.2 Å². The van der Waals surface area contributed by atoms with Crippen LogP contribution in [0.25, 0.3) is 0 Å². The van der Waals surface area contributed by atoms with Gasteiger partial charge in [0.25, 0.3) is 15.9 Å². The average Bonchev–Trinajstić information content (AvgIpc) is 3.16. The molecule has 0 heterocycles. The second-order valence-corrected chi connectivity index (χ2v) is 8.23. The molecule has 0 saturated heterocycles. The first kappa shape index (κ1) is 19.2. The molecule has 0 spiro atoms. The maximum absolute atomic E-state index is 12.7. The summed E-state index contributed by atoms with van der Waals surface area (Å²) >= 11 is 0. The van der Waals surface area contributed by atoms with Crippen molar-refractivity contribution in [3.05, 3.63) is 54.1 Å². The molecule has 0 bridgehead atoms. The molecule has 1 fully saturated rings. The highest BCUT2D eigenvalue weighted by molar-refractivity contribution is 7.92. The number of carbonyl (C=O) groups is 1. The fourth-order valence-corrected chi connectivity index (χ4v) is 4.25. The zero-order chi connectivity index (χ0) is 19.3. The van der Waals surface area contributed by atoms with Crippen LogP contribution in [0, 0.1) is 0 Å². The molecular weight excluding hydrogens is 364 g/mol. The van der Waals surface area contributed by atoms with Crippen molar-refractivity contribution >= 4 is 21.6 Å². The fraction of sp³-hybridized carbons (Fsp3) is 0.350. The lowest BCUT2D eigenvalue weighted by Crippen LogP contribution is -2.32. The van der Waals surface area contributed by atoms with Gasteiger partial charge in [-0.3, -0.25) is 9.52 Å². The topological polar surface area (TPSA) is 84.5 Å². The van der Waals surface area contributed by atoms with E-state index in [1.54, 1.807) is 36.4 Å². The van der Waals surface area contributed by atoms with Crippen molar-refractivity contribution in [2.75, 3.05) is 11.3 Å².